The summed E-state index contributed by atoms with van der Waals surface area (Å²) < 4.78 is 30.4. The number of benzene rings is 2. The van der Waals surface area contributed by atoms with Crippen molar-refractivity contribution in [1.82, 2.24) is 4.90 Å². The van der Waals surface area contributed by atoms with Crippen LogP contribution in [-0.4, -0.2) is 58.8 Å². The molecule has 6 nitrogen and oxygen atoms in total. The van der Waals surface area contributed by atoms with Crippen molar-refractivity contribution in [2.75, 3.05) is 39.2 Å². The van der Waals surface area contributed by atoms with Crippen molar-refractivity contribution in [3.05, 3.63) is 54.1 Å². The Morgan fingerprint density at radius 1 is 1.12 bits per heavy atom. The fourth-order valence-corrected chi connectivity index (χ4v) is 4.51. The molecule has 0 radical (unpaired) electrons. The van der Waals surface area contributed by atoms with Gasteiger partial charge in [-0.1, -0.05) is 6.07 Å². The maximum Gasteiger partial charge on any atom is 0.254 e. The van der Waals surface area contributed by atoms with Crippen LogP contribution in [0, 0.1) is 0 Å². The van der Waals surface area contributed by atoms with Gasteiger partial charge in [0.25, 0.3) is 5.91 Å². The number of carbonyl (C=O) groups is 1. The van der Waals surface area contributed by atoms with Crippen LogP contribution in [0.5, 0.6) is 5.75 Å². The predicted octanol–water partition coefficient (Wildman–Crippen LogP) is 2.06. The van der Waals surface area contributed by atoms with E-state index in [0.29, 0.717) is 11.3 Å². The van der Waals surface area contributed by atoms with Gasteiger partial charge in [-0.3, -0.25) is 4.79 Å². The summed E-state index contributed by atoms with van der Waals surface area (Å²) in [4.78, 5) is 16.3. The monoisotopic (exact) mass is 374 g/mol. The van der Waals surface area contributed by atoms with Gasteiger partial charge in [-0.25, -0.2) is 8.42 Å². The number of sulfone groups is 1. The Hall–Kier alpha value is -2.54. The molecule has 2 aromatic rings. The van der Waals surface area contributed by atoms with Gasteiger partial charge < -0.3 is 14.5 Å². The summed E-state index contributed by atoms with van der Waals surface area (Å²) in [6, 6.07) is 13.6. The highest BCUT2D eigenvalue weighted by Crippen LogP contribution is 2.27. The first-order chi connectivity index (χ1) is 12.3. The Morgan fingerprint density at radius 3 is 2.35 bits per heavy atom. The molecule has 1 saturated heterocycles. The van der Waals surface area contributed by atoms with Gasteiger partial charge in [-0.05, 0) is 42.5 Å². The molecule has 138 valence electrons. The largest absolute Gasteiger partial charge is 0.497 e. The van der Waals surface area contributed by atoms with Crippen LogP contribution >= 0.6 is 0 Å². The molecule has 0 aromatic heterocycles. The van der Waals surface area contributed by atoms with Crippen LogP contribution in [0.1, 0.15) is 10.4 Å². The molecule has 7 heteroatoms. The zero-order valence-electron chi connectivity index (χ0n) is 15.0. The number of hydrogen-bond donors (Lipinski definition) is 0. The Morgan fingerprint density at radius 2 is 1.77 bits per heavy atom. The third-order valence-corrected chi connectivity index (χ3v) is 6.68. The molecule has 1 fully saturated rings. The number of carbonyl (C=O) groups excluding carboxylic acids is 1. The summed E-state index contributed by atoms with van der Waals surface area (Å²) in [6.07, 6.45) is 0. The van der Waals surface area contributed by atoms with Crippen LogP contribution in [0.25, 0.3) is 0 Å². The summed E-state index contributed by atoms with van der Waals surface area (Å²) in [5, 5.41) is -0.572. The maximum absolute atomic E-state index is 12.7. The molecule has 3 rings (SSSR count). The fraction of sp³-hybridized carbons (Fsp3) is 0.316. The minimum Gasteiger partial charge on any atom is -0.497 e. The van der Waals surface area contributed by atoms with E-state index in [1.807, 2.05) is 37.2 Å². The smallest absolute Gasteiger partial charge is 0.254 e. The second-order valence-corrected chi connectivity index (χ2v) is 8.73. The van der Waals surface area contributed by atoms with Crippen molar-refractivity contribution < 1.29 is 17.9 Å². The number of likely N-dealkylation sites (tertiary alicyclic amines) is 1. The third-order valence-electron chi connectivity index (χ3n) is 4.57. The van der Waals surface area contributed by atoms with Gasteiger partial charge in [0, 0.05) is 38.4 Å². The first-order valence-electron chi connectivity index (χ1n) is 8.27. The zero-order chi connectivity index (χ0) is 18.9. The van der Waals surface area contributed by atoms with Crippen molar-refractivity contribution in [2.24, 2.45) is 0 Å². The fourth-order valence-electron chi connectivity index (χ4n) is 2.86. The number of ether oxygens (including phenoxy) is 1. The van der Waals surface area contributed by atoms with Gasteiger partial charge in [-0.2, -0.15) is 0 Å². The van der Waals surface area contributed by atoms with Crippen LogP contribution in [0.15, 0.2) is 53.4 Å². The van der Waals surface area contributed by atoms with Crippen LogP contribution in [0.3, 0.4) is 0 Å². The number of methoxy groups -OCH3 is 1. The second-order valence-electron chi connectivity index (χ2n) is 6.50. The van der Waals surface area contributed by atoms with E-state index < -0.39 is 15.1 Å². The average molecular weight is 374 g/mol. The number of nitrogens with zero attached hydrogens (tertiary/aromatic N) is 2. The molecular formula is C19H22N2O4S. The quantitative estimate of drug-likeness (QED) is 0.801. The first kappa shape index (κ1) is 18.3. The minimum absolute atomic E-state index is 0.144. The molecule has 1 aliphatic rings. The molecule has 0 unspecified atom stereocenters. The number of anilines is 1. The van der Waals surface area contributed by atoms with E-state index in [-0.39, 0.29) is 23.9 Å². The molecule has 0 atom stereocenters. The summed E-state index contributed by atoms with van der Waals surface area (Å²) in [5.41, 5.74) is 1.50. The number of rotatable bonds is 5. The number of hydrogen-bond acceptors (Lipinski definition) is 5. The maximum atomic E-state index is 12.7. The van der Waals surface area contributed by atoms with Crippen molar-refractivity contribution in [1.29, 1.82) is 0 Å². The normalized spacial score (nSPS) is 14.7. The lowest BCUT2D eigenvalue weighted by Gasteiger charge is -2.38. The lowest BCUT2D eigenvalue weighted by molar-refractivity contribution is 0.0659. The summed E-state index contributed by atoms with van der Waals surface area (Å²) >= 11 is 0. The van der Waals surface area contributed by atoms with E-state index in [0.717, 1.165) is 5.69 Å². The van der Waals surface area contributed by atoms with Gasteiger partial charge in [0.2, 0.25) is 0 Å². The van der Waals surface area contributed by atoms with Crippen molar-refractivity contribution >= 4 is 21.4 Å². The Bertz CT molecular complexity index is 901. The number of amides is 1. The van der Waals surface area contributed by atoms with E-state index in [1.54, 1.807) is 35.2 Å². The lowest BCUT2D eigenvalue weighted by Crippen LogP contribution is -2.56. The Balaban J connectivity index is 1.69. The van der Waals surface area contributed by atoms with Crippen LogP contribution < -0.4 is 9.64 Å². The highest BCUT2D eigenvalue weighted by atomic mass is 32.2. The van der Waals surface area contributed by atoms with E-state index >= 15 is 0 Å². The zero-order valence-corrected chi connectivity index (χ0v) is 15.9. The Kier molecular flexibility index (Phi) is 4.91. The molecule has 1 aliphatic heterocycles. The molecule has 0 aliphatic carbocycles. The topological polar surface area (TPSA) is 66.9 Å². The van der Waals surface area contributed by atoms with E-state index in [2.05, 4.69) is 0 Å². The molecule has 2 aromatic carbocycles. The van der Waals surface area contributed by atoms with Crippen molar-refractivity contribution in [2.45, 2.75) is 10.1 Å². The molecule has 26 heavy (non-hydrogen) atoms. The second kappa shape index (κ2) is 6.99. The third kappa shape index (κ3) is 3.39. The van der Waals surface area contributed by atoms with Crippen LogP contribution in [0.4, 0.5) is 5.69 Å². The standard InChI is InChI=1S/C19H22N2O4S/c1-20(2)15-6-4-5-14(11-15)19(22)21-12-18(13-21)26(23,24)17-9-7-16(25-3)8-10-17/h4-11,18H,12-13H2,1-3H3. The minimum atomic E-state index is -3.46. The summed E-state index contributed by atoms with van der Waals surface area (Å²) in [6.45, 7) is 0.415. The molecule has 0 spiro atoms. The van der Waals surface area contributed by atoms with Crippen LogP contribution in [0.2, 0.25) is 0 Å². The van der Waals surface area contributed by atoms with Crippen molar-refractivity contribution in [3.8, 4) is 5.75 Å². The molecule has 0 bridgehead atoms. The predicted molar refractivity (Wildman–Crippen MR) is 101 cm³/mol. The van der Waals surface area contributed by atoms with Gasteiger partial charge >= 0.3 is 0 Å². The van der Waals surface area contributed by atoms with Gasteiger partial charge in [-0.15, -0.1) is 0 Å². The van der Waals surface area contributed by atoms with Gasteiger partial charge in [0.15, 0.2) is 9.84 Å². The summed E-state index contributed by atoms with van der Waals surface area (Å²) in [7, 11) is 1.89. The first-order valence-corrected chi connectivity index (χ1v) is 9.82. The average Bonchev–Trinajstić information content (AvgIpc) is 2.60. The SMILES string of the molecule is COc1ccc(S(=O)(=O)C2CN(C(=O)c3cccc(N(C)C)c3)C2)cc1. The molecule has 1 heterocycles. The summed E-state index contributed by atoms with van der Waals surface area (Å²) in [5.74, 6) is 0.463. The van der Waals surface area contributed by atoms with E-state index in [4.69, 9.17) is 4.74 Å². The highest BCUT2D eigenvalue weighted by molar-refractivity contribution is 7.92. The van der Waals surface area contributed by atoms with Gasteiger partial charge in [0.1, 0.15) is 11.0 Å². The van der Waals surface area contributed by atoms with E-state index in [9.17, 15) is 13.2 Å². The molecule has 1 amide bonds. The highest BCUT2D eigenvalue weighted by Gasteiger charge is 2.40. The molecular weight excluding hydrogens is 352 g/mol. The molecule has 0 saturated carbocycles. The van der Waals surface area contributed by atoms with Gasteiger partial charge in [0.05, 0.1) is 12.0 Å². The van der Waals surface area contributed by atoms with Crippen molar-refractivity contribution in [3.63, 3.8) is 0 Å². The lowest BCUT2D eigenvalue weighted by atomic mass is 10.1. The van der Waals surface area contributed by atoms with E-state index in [1.165, 1.54) is 7.11 Å². The van der Waals surface area contributed by atoms with Crippen LogP contribution in [-0.2, 0) is 9.84 Å². The Labute approximate surface area is 153 Å². The molecule has 0 N–H and O–H groups in total.